The number of hydrogen-bond donors (Lipinski definition) is 0. The van der Waals surface area contributed by atoms with Crippen molar-refractivity contribution in [1.82, 2.24) is 4.90 Å². The van der Waals surface area contributed by atoms with Gasteiger partial charge in [0, 0.05) is 17.7 Å². The van der Waals surface area contributed by atoms with Gasteiger partial charge in [0.1, 0.15) is 23.2 Å². The third-order valence-corrected chi connectivity index (χ3v) is 6.75. The Kier molecular flexibility index (Phi) is 7.72. The fraction of sp³-hybridized carbons (Fsp3) is 0.179. The first-order valence-corrected chi connectivity index (χ1v) is 12.0. The molecule has 37 heavy (non-hydrogen) atoms. The molecule has 1 aliphatic heterocycles. The van der Waals surface area contributed by atoms with Crippen LogP contribution in [0.5, 0.6) is 11.5 Å². The van der Waals surface area contributed by atoms with Crippen molar-refractivity contribution in [2.75, 3.05) is 20.8 Å². The van der Waals surface area contributed by atoms with E-state index in [9.17, 15) is 14.9 Å². The number of carbonyl (C=O) groups excluding carboxylic acids is 2. The second kappa shape index (κ2) is 11.0. The van der Waals surface area contributed by atoms with Gasteiger partial charge in [0.25, 0.3) is 11.8 Å². The molecule has 0 aliphatic carbocycles. The number of nitrogens with zero attached hydrogens (tertiary/aromatic N) is 2. The van der Waals surface area contributed by atoms with Crippen LogP contribution in [0, 0.1) is 11.3 Å². The molecule has 4 rings (SSSR count). The van der Waals surface area contributed by atoms with E-state index in [1.54, 1.807) is 56.5 Å². The first kappa shape index (κ1) is 26.1. The molecule has 1 aliphatic rings. The van der Waals surface area contributed by atoms with Crippen molar-refractivity contribution in [3.05, 3.63) is 86.6 Å². The zero-order valence-corrected chi connectivity index (χ0v) is 21.8. The summed E-state index contributed by atoms with van der Waals surface area (Å²) < 4.78 is 16.5. The number of imide groups is 1. The third-order valence-electron chi connectivity index (χ3n) is 6.01. The van der Waals surface area contributed by atoms with E-state index in [1.165, 1.54) is 13.2 Å². The van der Waals surface area contributed by atoms with Gasteiger partial charge < -0.3 is 13.9 Å². The Hall–Kier alpha value is -3.99. The maximum Gasteiger partial charge on any atom is 0.271 e. The summed E-state index contributed by atoms with van der Waals surface area (Å²) in [6, 6.07) is 15.9. The molecule has 0 fully saturated rings. The van der Waals surface area contributed by atoms with Gasteiger partial charge in [-0.2, -0.15) is 5.26 Å². The predicted octanol–water partition coefficient (Wildman–Crippen LogP) is 6.11. The predicted molar refractivity (Wildman–Crippen MR) is 140 cm³/mol. The number of methoxy groups -OCH3 is 2. The topological polar surface area (TPSA) is 92.8 Å². The van der Waals surface area contributed by atoms with Crippen molar-refractivity contribution in [3.63, 3.8) is 0 Å². The molecule has 0 saturated heterocycles. The van der Waals surface area contributed by atoms with E-state index in [2.05, 4.69) is 0 Å². The minimum Gasteiger partial charge on any atom is -0.493 e. The highest BCUT2D eigenvalue weighted by atomic mass is 35.5. The van der Waals surface area contributed by atoms with Gasteiger partial charge in [0.05, 0.1) is 24.3 Å². The average molecular weight is 537 g/mol. The number of benzene rings is 2. The van der Waals surface area contributed by atoms with Crippen molar-refractivity contribution in [2.24, 2.45) is 0 Å². The van der Waals surface area contributed by atoms with E-state index >= 15 is 0 Å². The maximum atomic E-state index is 13.4. The minimum absolute atomic E-state index is 0.0790. The molecular weight excluding hydrogens is 515 g/mol. The molecule has 1 aromatic heterocycles. The molecule has 0 bridgehead atoms. The van der Waals surface area contributed by atoms with E-state index in [0.717, 1.165) is 10.5 Å². The zero-order valence-electron chi connectivity index (χ0n) is 20.3. The second-order valence-corrected chi connectivity index (χ2v) is 9.02. The number of rotatable bonds is 7. The molecule has 0 N–H and O–H groups in total. The summed E-state index contributed by atoms with van der Waals surface area (Å²) in [6.45, 7) is 1.66. The Morgan fingerprint density at radius 3 is 2.41 bits per heavy atom. The first-order valence-electron chi connectivity index (χ1n) is 11.2. The highest BCUT2D eigenvalue weighted by molar-refractivity contribution is 6.42. The number of carbonyl (C=O) groups is 2. The molecule has 188 valence electrons. The molecule has 0 spiro atoms. The smallest absolute Gasteiger partial charge is 0.271 e. The van der Waals surface area contributed by atoms with Crippen LogP contribution in [0.1, 0.15) is 18.2 Å². The lowest BCUT2D eigenvalue weighted by Crippen LogP contribution is -2.43. The Balaban J connectivity index is 1.62. The molecular formula is C28H22Cl2N2O5. The molecule has 2 amide bonds. The molecule has 9 heteroatoms. The lowest BCUT2D eigenvalue weighted by Gasteiger charge is -2.27. The van der Waals surface area contributed by atoms with Crippen LogP contribution in [0.25, 0.3) is 17.4 Å². The Labute approximate surface area is 224 Å². The Morgan fingerprint density at radius 1 is 0.973 bits per heavy atom. The quantitative estimate of drug-likeness (QED) is 0.267. The molecule has 7 nitrogen and oxygen atoms in total. The number of hydrogen-bond acceptors (Lipinski definition) is 6. The van der Waals surface area contributed by atoms with Crippen LogP contribution in [0.4, 0.5) is 0 Å². The van der Waals surface area contributed by atoms with Crippen molar-refractivity contribution >= 4 is 41.1 Å². The summed E-state index contributed by atoms with van der Waals surface area (Å²) in [6.07, 6.45) is 1.90. The van der Waals surface area contributed by atoms with Gasteiger partial charge in [-0.1, -0.05) is 29.3 Å². The molecule has 2 aromatic carbocycles. The van der Waals surface area contributed by atoms with Crippen molar-refractivity contribution in [2.45, 2.75) is 13.3 Å². The summed E-state index contributed by atoms with van der Waals surface area (Å²) in [5, 5.41) is 10.5. The summed E-state index contributed by atoms with van der Waals surface area (Å²) >= 11 is 12.1. The maximum absolute atomic E-state index is 13.4. The van der Waals surface area contributed by atoms with E-state index < -0.39 is 11.8 Å². The summed E-state index contributed by atoms with van der Waals surface area (Å²) in [7, 11) is 3.08. The first-order chi connectivity index (χ1) is 17.8. The zero-order chi connectivity index (χ0) is 26.7. The van der Waals surface area contributed by atoms with Gasteiger partial charge in [-0.15, -0.1) is 0 Å². The summed E-state index contributed by atoms with van der Waals surface area (Å²) in [4.78, 5) is 27.4. The number of ether oxygens (including phenoxy) is 2. The van der Waals surface area contributed by atoms with Crippen LogP contribution in [0.15, 0.2) is 69.7 Å². The lowest BCUT2D eigenvalue weighted by molar-refractivity contribution is -0.140. The van der Waals surface area contributed by atoms with Crippen LogP contribution in [0.2, 0.25) is 10.0 Å². The molecule has 0 radical (unpaired) electrons. The monoisotopic (exact) mass is 536 g/mol. The molecule has 3 aromatic rings. The van der Waals surface area contributed by atoms with Gasteiger partial charge in [0.2, 0.25) is 0 Å². The van der Waals surface area contributed by atoms with Gasteiger partial charge in [-0.25, -0.2) is 0 Å². The molecule has 0 unspecified atom stereocenters. The van der Waals surface area contributed by atoms with Gasteiger partial charge in [-0.3, -0.25) is 14.5 Å². The van der Waals surface area contributed by atoms with Crippen LogP contribution < -0.4 is 9.47 Å². The number of amides is 2. The Bertz CT molecular complexity index is 1500. The van der Waals surface area contributed by atoms with Crippen LogP contribution in [-0.4, -0.2) is 37.5 Å². The van der Waals surface area contributed by atoms with E-state index in [0.29, 0.717) is 50.6 Å². The highest BCUT2D eigenvalue weighted by Gasteiger charge is 2.35. The number of nitriles is 1. The largest absolute Gasteiger partial charge is 0.493 e. The normalized spacial score (nSPS) is 14.8. The SMILES string of the molecule is COc1ccc(CCN2C(=O)C(C#N)=C(C)/C(=C\c3ccc(-c4ccc(Cl)c(Cl)c4)o3)C2=O)cc1OC. The van der Waals surface area contributed by atoms with Gasteiger partial charge in [0.15, 0.2) is 11.5 Å². The van der Waals surface area contributed by atoms with E-state index in [4.69, 9.17) is 37.1 Å². The van der Waals surface area contributed by atoms with Crippen molar-refractivity contribution in [3.8, 4) is 28.9 Å². The summed E-state index contributed by atoms with van der Waals surface area (Å²) in [5.41, 5.74) is 1.97. The van der Waals surface area contributed by atoms with E-state index in [-0.39, 0.29) is 17.7 Å². The number of halogens is 2. The second-order valence-electron chi connectivity index (χ2n) is 8.20. The van der Waals surface area contributed by atoms with Gasteiger partial charge in [-0.05, 0) is 73.0 Å². The fourth-order valence-corrected chi connectivity index (χ4v) is 4.29. The molecule has 2 heterocycles. The van der Waals surface area contributed by atoms with Crippen LogP contribution >= 0.6 is 23.2 Å². The number of furan rings is 1. The third kappa shape index (κ3) is 5.26. The van der Waals surface area contributed by atoms with Crippen molar-refractivity contribution in [1.29, 1.82) is 5.26 Å². The summed E-state index contributed by atoms with van der Waals surface area (Å²) in [5.74, 6) is 0.895. The minimum atomic E-state index is -0.626. The highest BCUT2D eigenvalue weighted by Crippen LogP contribution is 2.32. The molecule has 0 atom stereocenters. The standard InChI is InChI=1S/C28H22Cl2N2O5/c1-16-20(14-19-6-9-24(37-19)18-5-7-22(29)23(30)13-18)27(33)32(28(34)21(16)15-31)11-10-17-4-8-25(35-2)26(12-17)36-3/h4-9,12-14H,10-11H2,1-3H3/b20-14+. The lowest BCUT2D eigenvalue weighted by atomic mass is 9.94. The average Bonchev–Trinajstić information content (AvgIpc) is 3.37. The molecule has 0 saturated carbocycles. The van der Waals surface area contributed by atoms with E-state index in [1.807, 2.05) is 12.1 Å². The fourth-order valence-electron chi connectivity index (χ4n) is 3.99. The van der Waals surface area contributed by atoms with Crippen molar-refractivity contribution < 1.29 is 23.5 Å². The van der Waals surface area contributed by atoms with Gasteiger partial charge >= 0.3 is 0 Å². The van der Waals surface area contributed by atoms with Crippen LogP contribution in [-0.2, 0) is 16.0 Å². The van der Waals surface area contributed by atoms with Crippen LogP contribution in [0.3, 0.4) is 0 Å². The Morgan fingerprint density at radius 2 is 1.73 bits per heavy atom.